The number of rotatable bonds is 2. The fourth-order valence-electron chi connectivity index (χ4n) is 5.57. The molecule has 0 saturated carbocycles. The maximum Gasteiger partial charge on any atom is 0.252 e. The lowest BCUT2D eigenvalue weighted by atomic mass is 9.88. The minimum Gasteiger partial charge on any atom is -0.479 e. The van der Waals surface area contributed by atoms with Crippen molar-refractivity contribution in [2.75, 3.05) is 19.7 Å². The first-order valence-electron chi connectivity index (χ1n) is 14.5. The number of hydrogen-bond acceptors (Lipinski definition) is 5. The SMILES string of the molecule is C=C/C=C1/CN2C/C1=C/CC1=CCC(C#CCOc3cc(ccc3-n3cccn3)[C@@H](C)NC(=O)C(C)[C@@H](O)C2=O)CC1. The fourth-order valence-corrected chi connectivity index (χ4v) is 5.57. The van der Waals surface area contributed by atoms with Gasteiger partial charge in [-0.1, -0.05) is 61.3 Å². The van der Waals surface area contributed by atoms with Crippen LogP contribution in [0.2, 0.25) is 0 Å². The number of amides is 2. The molecule has 6 rings (SSSR count). The Bertz CT molecular complexity index is 1490. The van der Waals surface area contributed by atoms with Gasteiger partial charge in [-0.05, 0) is 67.5 Å². The summed E-state index contributed by atoms with van der Waals surface area (Å²) in [6.07, 6.45) is 13.9. The van der Waals surface area contributed by atoms with Crippen molar-refractivity contribution < 1.29 is 19.4 Å². The molecule has 1 aromatic heterocycles. The van der Waals surface area contributed by atoms with Gasteiger partial charge in [-0.2, -0.15) is 5.10 Å². The number of carbonyl (C=O) groups is 2. The number of nitrogens with zero attached hydrogens (tertiary/aromatic N) is 3. The molecule has 8 nitrogen and oxygen atoms in total. The van der Waals surface area contributed by atoms with Crippen LogP contribution in [0.4, 0.5) is 0 Å². The fraction of sp³-hybridized carbons (Fsp3) is 0.382. The molecule has 218 valence electrons. The number of allylic oxidation sites excluding steroid dienone is 5. The molecule has 4 aliphatic rings. The highest BCUT2D eigenvalue weighted by Gasteiger charge is 2.35. The minimum atomic E-state index is -1.46. The lowest BCUT2D eigenvalue weighted by Crippen LogP contribution is -2.46. The molecule has 4 atom stereocenters. The highest BCUT2D eigenvalue weighted by Crippen LogP contribution is 2.30. The molecule has 6 bridgehead atoms. The molecule has 4 heterocycles. The zero-order chi connectivity index (χ0) is 29.6. The molecule has 8 heteroatoms. The molecule has 42 heavy (non-hydrogen) atoms. The molecule has 3 aliphatic heterocycles. The standard InChI is InChI=1S/C34H38N4O4/c1-4-7-28-21-37-22-29(28)14-13-26-11-9-25(10-12-26)8-5-19-42-31-20-27(15-16-30(31)38-18-6-17-35-38)24(3)36-33(40)23(2)32(39)34(37)41/h4,6-7,11,14-18,20,23-25,32,39H,1,9-10,12-13,19,21-22H2,2-3H3,(H,36,40)/b28-7-,29-14-/t23?,24-,25?,32-/m1/s1. The Morgan fingerprint density at radius 2 is 2.07 bits per heavy atom. The summed E-state index contributed by atoms with van der Waals surface area (Å²) in [6, 6.07) is 7.13. The van der Waals surface area contributed by atoms with Gasteiger partial charge in [-0.3, -0.25) is 9.59 Å². The van der Waals surface area contributed by atoms with Crippen LogP contribution in [0, 0.1) is 23.7 Å². The first kappa shape index (κ1) is 29.2. The minimum absolute atomic E-state index is 0.234. The average molecular weight is 567 g/mol. The molecule has 1 saturated heterocycles. The first-order valence-corrected chi connectivity index (χ1v) is 14.5. The van der Waals surface area contributed by atoms with Gasteiger partial charge in [0.2, 0.25) is 5.91 Å². The van der Waals surface area contributed by atoms with Crippen LogP contribution < -0.4 is 10.1 Å². The van der Waals surface area contributed by atoms with E-state index in [2.05, 4.69) is 41.0 Å². The molecule has 2 amide bonds. The maximum absolute atomic E-state index is 13.3. The van der Waals surface area contributed by atoms with Crippen molar-refractivity contribution >= 4 is 11.8 Å². The Morgan fingerprint density at radius 3 is 2.81 bits per heavy atom. The number of ether oxygens (including phenoxy) is 1. The van der Waals surface area contributed by atoms with Crippen LogP contribution in [-0.2, 0) is 9.59 Å². The van der Waals surface area contributed by atoms with Crippen molar-refractivity contribution in [3.05, 3.63) is 89.8 Å². The summed E-state index contributed by atoms with van der Waals surface area (Å²) in [5.74, 6) is 5.68. The Morgan fingerprint density at radius 1 is 1.21 bits per heavy atom. The lowest BCUT2D eigenvalue weighted by molar-refractivity contribution is -0.146. The number of fused-ring (bicyclic) bond motifs is 10. The normalized spacial score (nSPS) is 27.4. The third-order valence-electron chi connectivity index (χ3n) is 8.22. The predicted octanol–water partition coefficient (Wildman–Crippen LogP) is 4.44. The van der Waals surface area contributed by atoms with Gasteiger partial charge in [0.05, 0.1) is 12.0 Å². The van der Waals surface area contributed by atoms with E-state index in [0.717, 1.165) is 48.1 Å². The molecule has 0 radical (unpaired) electrons. The predicted molar refractivity (Wildman–Crippen MR) is 162 cm³/mol. The van der Waals surface area contributed by atoms with Crippen LogP contribution >= 0.6 is 0 Å². The van der Waals surface area contributed by atoms with E-state index in [9.17, 15) is 14.7 Å². The summed E-state index contributed by atoms with van der Waals surface area (Å²) in [5, 5.41) is 18.3. The van der Waals surface area contributed by atoms with Gasteiger partial charge in [-0.25, -0.2) is 4.68 Å². The third-order valence-corrected chi connectivity index (χ3v) is 8.22. The van der Waals surface area contributed by atoms with Crippen LogP contribution in [-0.4, -0.2) is 57.4 Å². The van der Waals surface area contributed by atoms with Crippen molar-refractivity contribution in [1.82, 2.24) is 20.0 Å². The Hall–Kier alpha value is -4.35. The molecule has 0 spiro atoms. The van der Waals surface area contributed by atoms with Crippen LogP contribution in [0.25, 0.3) is 5.69 Å². The van der Waals surface area contributed by atoms with E-state index < -0.39 is 29.9 Å². The second-order valence-electron chi connectivity index (χ2n) is 11.1. The molecule has 1 fully saturated rings. The van der Waals surface area contributed by atoms with E-state index in [1.54, 1.807) is 28.8 Å². The van der Waals surface area contributed by atoms with Gasteiger partial charge in [0.25, 0.3) is 5.91 Å². The Balaban J connectivity index is 1.44. The zero-order valence-electron chi connectivity index (χ0n) is 24.3. The van der Waals surface area contributed by atoms with Crippen molar-refractivity contribution in [3.63, 3.8) is 0 Å². The topological polar surface area (TPSA) is 96.7 Å². The number of aromatic nitrogens is 2. The van der Waals surface area contributed by atoms with Crippen LogP contribution in [0.1, 0.15) is 51.1 Å². The van der Waals surface area contributed by atoms with Gasteiger partial charge in [-0.15, -0.1) is 0 Å². The largest absolute Gasteiger partial charge is 0.479 e. The average Bonchev–Trinajstić information content (AvgIpc) is 3.68. The van der Waals surface area contributed by atoms with Crippen LogP contribution in [0.15, 0.2) is 84.3 Å². The van der Waals surface area contributed by atoms with Crippen molar-refractivity contribution in [3.8, 4) is 23.3 Å². The number of carbonyl (C=O) groups excluding carboxylic acids is 2. The summed E-state index contributed by atoms with van der Waals surface area (Å²) >= 11 is 0. The van der Waals surface area contributed by atoms with Gasteiger partial charge in [0, 0.05) is 31.4 Å². The quantitative estimate of drug-likeness (QED) is 0.414. The van der Waals surface area contributed by atoms with Gasteiger partial charge < -0.3 is 20.1 Å². The molecule has 1 aliphatic carbocycles. The van der Waals surface area contributed by atoms with E-state index in [1.165, 1.54) is 5.57 Å². The van der Waals surface area contributed by atoms with E-state index in [1.807, 2.05) is 43.5 Å². The lowest BCUT2D eigenvalue weighted by Gasteiger charge is -2.25. The smallest absolute Gasteiger partial charge is 0.252 e. The third kappa shape index (κ3) is 6.58. The summed E-state index contributed by atoms with van der Waals surface area (Å²) < 4.78 is 7.86. The number of aliphatic hydroxyl groups excluding tert-OH is 1. The van der Waals surface area contributed by atoms with Gasteiger partial charge >= 0.3 is 0 Å². The van der Waals surface area contributed by atoms with E-state index >= 15 is 0 Å². The van der Waals surface area contributed by atoms with E-state index in [-0.39, 0.29) is 12.5 Å². The molecular formula is C34H38N4O4. The summed E-state index contributed by atoms with van der Waals surface area (Å²) in [7, 11) is 0. The van der Waals surface area contributed by atoms with E-state index in [0.29, 0.717) is 18.8 Å². The number of nitrogens with one attached hydrogen (secondary N) is 1. The van der Waals surface area contributed by atoms with Gasteiger partial charge in [0.1, 0.15) is 24.1 Å². The molecule has 2 N–H and O–H groups in total. The van der Waals surface area contributed by atoms with Gasteiger partial charge in [0.15, 0.2) is 0 Å². The van der Waals surface area contributed by atoms with E-state index in [4.69, 9.17) is 4.74 Å². The van der Waals surface area contributed by atoms with Crippen molar-refractivity contribution in [2.45, 2.75) is 51.7 Å². The summed E-state index contributed by atoms with van der Waals surface area (Å²) in [5.41, 5.74) is 5.00. The number of aliphatic hydroxyl groups is 1. The van der Waals surface area contributed by atoms with Crippen molar-refractivity contribution in [1.29, 1.82) is 0 Å². The number of hydrogen-bond donors (Lipinski definition) is 2. The second kappa shape index (κ2) is 13.1. The zero-order valence-corrected chi connectivity index (χ0v) is 24.3. The highest BCUT2D eigenvalue weighted by molar-refractivity contribution is 5.90. The molecular weight excluding hydrogens is 528 g/mol. The summed E-state index contributed by atoms with van der Waals surface area (Å²) in [6.45, 7) is 8.27. The first-order chi connectivity index (χ1) is 20.3. The highest BCUT2D eigenvalue weighted by atomic mass is 16.5. The maximum atomic E-state index is 13.3. The van der Waals surface area contributed by atoms with Crippen LogP contribution in [0.5, 0.6) is 5.75 Å². The molecule has 2 aromatic rings. The van der Waals surface area contributed by atoms with Crippen molar-refractivity contribution in [2.24, 2.45) is 11.8 Å². The molecule has 1 aromatic carbocycles. The second-order valence-corrected chi connectivity index (χ2v) is 11.1. The molecule has 2 unspecified atom stereocenters. The number of benzene rings is 1. The Labute approximate surface area is 247 Å². The Kier molecular flexibility index (Phi) is 9.09. The summed E-state index contributed by atoms with van der Waals surface area (Å²) in [4.78, 5) is 28.1. The van der Waals surface area contributed by atoms with Crippen LogP contribution in [0.3, 0.4) is 0 Å². The monoisotopic (exact) mass is 566 g/mol.